The summed E-state index contributed by atoms with van der Waals surface area (Å²) < 4.78 is 0. The fourth-order valence-corrected chi connectivity index (χ4v) is 2.27. The van der Waals surface area contributed by atoms with Gasteiger partial charge in [-0.05, 0) is 38.3 Å². The van der Waals surface area contributed by atoms with E-state index in [1.807, 2.05) is 0 Å². The molecule has 1 aromatic heterocycles. The molecule has 3 heteroatoms. The smallest absolute Gasteiger partial charge is 0.0655 e. The Labute approximate surface area is 84.3 Å². The number of H-pyrrole nitrogens is 1. The molecule has 2 fully saturated rings. The summed E-state index contributed by atoms with van der Waals surface area (Å²) in [6, 6.07) is 2.94. The first-order chi connectivity index (χ1) is 6.92. The van der Waals surface area contributed by atoms with Gasteiger partial charge in [-0.1, -0.05) is 0 Å². The van der Waals surface area contributed by atoms with Gasteiger partial charge >= 0.3 is 0 Å². The van der Waals surface area contributed by atoms with Crippen molar-refractivity contribution in [1.82, 2.24) is 15.5 Å². The van der Waals surface area contributed by atoms with Crippen LogP contribution in [0.15, 0.2) is 6.07 Å². The summed E-state index contributed by atoms with van der Waals surface area (Å²) in [6.45, 7) is 1.19. The number of aromatic nitrogens is 2. The van der Waals surface area contributed by atoms with Gasteiger partial charge in [0.15, 0.2) is 0 Å². The largest absolute Gasteiger partial charge is 0.314 e. The van der Waals surface area contributed by atoms with Crippen LogP contribution in [0, 0.1) is 0 Å². The van der Waals surface area contributed by atoms with Crippen LogP contribution in [0.25, 0.3) is 0 Å². The molecular weight excluding hydrogens is 174 g/mol. The maximum Gasteiger partial charge on any atom is 0.0655 e. The zero-order valence-corrected chi connectivity index (χ0v) is 8.42. The van der Waals surface area contributed by atoms with Crippen molar-refractivity contribution in [2.45, 2.75) is 44.1 Å². The van der Waals surface area contributed by atoms with Crippen LogP contribution in [0.5, 0.6) is 0 Å². The highest BCUT2D eigenvalue weighted by Crippen LogP contribution is 2.39. The molecule has 1 aliphatic carbocycles. The Kier molecular flexibility index (Phi) is 2.05. The van der Waals surface area contributed by atoms with Crippen LogP contribution in [0.3, 0.4) is 0 Å². The molecule has 1 unspecified atom stereocenters. The fourth-order valence-electron chi connectivity index (χ4n) is 2.27. The molecule has 1 aliphatic heterocycles. The van der Waals surface area contributed by atoms with E-state index in [2.05, 4.69) is 21.6 Å². The van der Waals surface area contributed by atoms with Gasteiger partial charge < -0.3 is 5.32 Å². The number of aromatic amines is 1. The first-order valence-electron chi connectivity index (χ1n) is 5.69. The monoisotopic (exact) mass is 191 g/mol. The van der Waals surface area contributed by atoms with Crippen LogP contribution in [-0.4, -0.2) is 22.8 Å². The summed E-state index contributed by atoms with van der Waals surface area (Å²) in [6.07, 6.45) is 6.45. The van der Waals surface area contributed by atoms with Crippen LogP contribution in [-0.2, 0) is 6.42 Å². The van der Waals surface area contributed by atoms with Crippen molar-refractivity contribution < 1.29 is 0 Å². The van der Waals surface area contributed by atoms with Crippen molar-refractivity contribution in [2.24, 2.45) is 0 Å². The van der Waals surface area contributed by atoms with Gasteiger partial charge in [-0.25, -0.2) is 0 Å². The molecule has 3 nitrogen and oxygen atoms in total. The summed E-state index contributed by atoms with van der Waals surface area (Å²) in [5.41, 5.74) is 2.60. The SMILES string of the molecule is c1c(C2CC2)n[nH]c1CC1CCCN1. The highest BCUT2D eigenvalue weighted by atomic mass is 15.1. The maximum atomic E-state index is 4.37. The third kappa shape index (κ3) is 1.69. The number of hydrogen-bond donors (Lipinski definition) is 2. The molecule has 0 bridgehead atoms. The van der Waals surface area contributed by atoms with Gasteiger partial charge in [0.05, 0.1) is 5.69 Å². The van der Waals surface area contributed by atoms with Crippen molar-refractivity contribution in [3.8, 4) is 0 Å². The van der Waals surface area contributed by atoms with E-state index in [1.165, 1.54) is 43.6 Å². The Morgan fingerprint density at radius 2 is 2.29 bits per heavy atom. The van der Waals surface area contributed by atoms with Crippen molar-refractivity contribution in [3.63, 3.8) is 0 Å². The standard InChI is InChI=1S/C11H17N3/c1-2-9(12-5-1)6-10-7-11(14-13-10)8-3-4-8/h7-9,12H,1-6H2,(H,13,14). The third-order valence-corrected chi connectivity index (χ3v) is 3.28. The van der Waals surface area contributed by atoms with Gasteiger partial charge in [0.25, 0.3) is 0 Å². The van der Waals surface area contributed by atoms with Gasteiger partial charge in [-0.15, -0.1) is 0 Å². The molecule has 76 valence electrons. The topological polar surface area (TPSA) is 40.7 Å². The fraction of sp³-hybridized carbons (Fsp3) is 0.727. The van der Waals surface area contributed by atoms with E-state index in [1.54, 1.807) is 0 Å². The Morgan fingerprint density at radius 1 is 1.36 bits per heavy atom. The maximum absolute atomic E-state index is 4.37. The summed E-state index contributed by atoms with van der Waals surface area (Å²) in [7, 11) is 0. The quantitative estimate of drug-likeness (QED) is 0.761. The molecule has 0 radical (unpaired) electrons. The van der Waals surface area contributed by atoms with Gasteiger partial charge in [0, 0.05) is 24.1 Å². The predicted octanol–water partition coefficient (Wildman–Crippen LogP) is 1.58. The van der Waals surface area contributed by atoms with E-state index < -0.39 is 0 Å². The summed E-state index contributed by atoms with van der Waals surface area (Å²) in [5.74, 6) is 0.775. The third-order valence-electron chi connectivity index (χ3n) is 3.28. The van der Waals surface area contributed by atoms with E-state index in [0.717, 1.165) is 12.3 Å². The lowest BCUT2D eigenvalue weighted by atomic mass is 10.1. The van der Waals surface area contributed by atoms with E-state index in [4.69, 9.17) is 0 Å². The lowest BCUT2D eigenvalue weighted by molar-refractivity contribution is 0.594. The molecule has 1 aromatic rings. The first-order valence-corrected chi connectivity index (χ1v) is 5.69. The molecule has 2 N–H and O–H groups in total. The second-order valence-corrected chi connectivity index (χ2v) is 4.59. The molecule has 3 rings (SSSR count). The Hall–Kier alpha value is -0.830. The Balaban J connectivity index is 1.64. The van der Waals surface area contributed by atoms with Crippen molar-refractivity contribution in [1.29, 1.82) is 0 Å². The predicted molar refractivity (Wildman–Crippen MR) is 55.3 cm³/mol. The number of nitrogens with one attached hydrogen (secondary N) is 2. The van der Waals surface area contributed by atoms with Gasteiger partial charge in [-0.3, -0.25) is 5.10 Å². The second-order valence-electron chi connectivity index (χ2n) is 4.59. The molecule has 0 amide bonds. The van der Waals surface area contributed by atoms with E-state index in [-0.39, 0.29) is 0 Å². The minimum Gasteiger partial charge on any atom is -0.314 e. The zero-order valence-electron chi connectivity index (χ0n) is 8.42. The highest BCUT2D eigenvalue weighted by Gasteiger charge is 2.26. The second kappa shape index (κ2) is 3.39. The summed E-state index contributed by atoms with van der Waals surface area (Å²) in [4.78, 5) is 0. The van der Waals surface area contributed by atoms with Crippen LogP contribution < -0.4 is 5.32 Å². The van der Waals surface area contributed by atoms with Crippen molar-refractivity contribution in [2.75, 3.05) is 6.54 Å². The van der Waals surface area contributed by atoms with E-state index >= 15 is 0 Å². The molecule has 0 spiro atoms. The lowest BCUT2D eigenvalue weighted by Crippen LogP contribution is -2.23. The molecule has 14 heavy (non-hydrogen) atoms. The minimum atomic E-state index is 0.683. The normalized spacial score (nSPS) is 27.0. The van der Waals surface area contributed by atoms with Gasteiger partial charge in [0.1, 0.15) is 0 Å². The zero-order chi connectivity index (χ0) is 9.38. The average molecular weight is 191 g/mol. The Morgan fingerprint density at radius 3 is 3.00 bits per heavy atom. The first kappa shape index (κ1) is 8.48. The Bertz CT molecular complexity index is 308. The van der Waals surface area contributed by atoms with E-state index in [9.17, 15) is 0 Å². The van der Waals surface area contributed by atoms with Crippen LogP contribution in [0.2, 0.25) is 0 Å². The molecule has 2 heterocycles. The lowest BCUT2D eigenvalue weighted by Gasteiger charge is -2.06. The molecular formula is C11H17N3. The molecule has 1 saturated heterocycles. The van der Waals surface area contributed by atoms with Gasteiger partial charge in [-0.2, -0.15) is 5.10 Å². The highest BCUT2D eigenvalue weighted by molar-refractivity contribution is 5.18. The minimum absolute atomic E-state index is 0.683. The van der Waals surface area contributed by atoms with Crippen LogP contribution in [0.4, 0.5) is 0 Å². The number of hydrogen-bond acceptors (Lipinski definition) is 2. The van der Waals surface area contributed by atoms with Crippen LogP contribution in [0.1, 0.15) is 43.0 Å². The summed E-state index contributed by atoms with van der Waals surface area (Å²) in [5, 5.41) is 11.0. The molecule has 2 aliphatic rings. The van der Waals surface area contributed by atoms with Crippen LogP contribution >= 0.6 is 0 Å². The van der Waals surface area contributed by atoms with Gasteiger partial charge in [0.2, 0.25) is 0 Å². The van der Waals surface area contributed by atoms with E-state index in [0.29, 0.717) is 6.04 Å². The number of rotatable bonds is 3. The molecule has 0 aromatic carbocycles. The van der Waals surface area contributed by atoms with Crippen molar-refractivity contribution in [3.05, 3.63) is 17.5 Å². The molecule has 1 saturated carbocycles. The molecule has 1 atom stereocenters. The number of nitrogens with zero attached hydrogens (tertiary/aromatic N) is 1. The summed E-state index contributed by atoms with van der Waals surface area (Å²) >= 11 is 0. The average Bonchev–Trinajstić information content (AvgIpc) is 2.75. The van der Waals surface area contributed by atoms with Crippen molar-refractivity contribution >= 4 is 0 Å².